The molecule has 0 aliphatic carbocycles. The fourth-order valence-electron chi connectivity index (χ4n) is 1.63. The summed E-state index contributed by atoms with van der Waals surface area (Å²) in [5, 5.41) is 9.22. The Morgan fingerprint density at radius 2 is 1.89 bits per heavy atom. The van der Waals surface area contributed by atoms with Gasteiger partial charge in [-0.15, -0.1) is 0 Å². The van der Waals surface area contributed by atoms with E-state index < -0.39 is 11.9 Å². The fourth-order valence-corrected chi connectivity index (χ4v) is 1.63. The van der Waals surface area contributed by atoms with Crippen molar-refractivity contribution in [2.24, 2.45) is 0 Å². The maximum atomic E-state index is 11.8. The predicted octanol–water partition coefficient (Wildman–Crippen LogP) is 1.89. The van der Waals surface area contributed by atoms with E-state index in [-0.39, 0.29) is 24.6 Å². The van der Waals surface area contributed by atoms with Crippen LogP contribution in [0, 0.1) is 6.92 Å². The second-order valence-electron chi connectivity index (χ2n) is 3.65. The second-order valence-corrected chi connectivity index (χ2v) is 3.65. The number of ether oxygens (including phenoxy) is 2. The molecular weight excluding hydrogens is 250 g/mol. The second kappa shape index (κ2) is 6.63. The van der Waals surface area contributed by atoms with Gasteiger partial charge in [-0.1, -0.05) is 0 Å². The third kappa shape index (κ3) is 3.15. The molecule has 1 N–H and O–H groups in total. The standard InChI is InChI=1S/C13H17NO5/c1-4-18-12(16)10-7-6-9(3)14(10)11(8-15)13(17)19-5-2/h6-8,15H,4-5H2,1-3H3. The molecular formula is C13H17NO5. The molecule has 1 rings (SSSR count). The summed E-state index contributed by atoms with van der Waals surface area (Å²) in [6.07, 6.45) is 0.619. The summed E-state index contributed by atoms with van der Waals surface area (Å²) in [6, 6.07) is 3.17. The van der Waals surface area contributed by atoms with Gasteiger partial charge in [-0.3, -0.25) is 4.57 Å². The summed E-state index contributed by atoms with van der Waals surface area (Å²) in [4.78, 5) is 23.5. The maximum absolute atomic E-state index is 11.8. The summed E-state index contributed by atoms with van der Waals surface area (Å²) >= 11 is 0. The monoisotopic (exact) mass is 267 g/mol. The van der Waals surface area contributed by atoms with E-state index in [1.807, 2.05) is 0 Å². The van der Waals surface area contributed by atoms with Crippen LogP contribution >= 0.6 is 0 Å². The van der Waals surface area contributed by atoms with E-state index in [0.29, 0.717) is 12.0 Å². The lowest BCUT2D eigenvalue weighted by atomic mass is 10.4. The molecule has 1 aromatic heterocycles. The van der Waals surface area contributed by atoms with Crippen LogP contribution in [0.25, 0.3) is 5.70 Å². The molecule has 0 aliphatic rings. The quantitative estimate of drug-likeness (QED) is 0.501. The van der Waals surface area contributed by atoms with Crippen LogP contribution in [0.1, 0.15) is 30.0 Å². The van der Waals surface area contributed by atoms with E-state index in [9.17, 15) is 14.7 Å². The first-order chi connectivity index (χ1) is 9.06. The molecule has 1 heterocycles. The van der Waals surface area contributed by atoms with E-state index in [2.05, 4.69) is 0 Å². The largest absolute Gasteiger partial charge is 0.513 e. The normalized spacial score (nSPS) is 11.2. The van der Waals surface area contributed by atoms with Gasteiger partial charge in [0, 0.05) is 5.69 Å². The zero-order chi connectivity index (χ0) is 14.4. The Bertz CT molecular complexity index is 501. The minimum atomic E-state index is -0.713. The van der Waals surface area contributed by atoms with Crippen LogP contribution in [0.5, 0.6) is 0 Å². The average Bonchev–Trinajstić information content (AvgIpc) is 2.74. The molecule has 6 nitrogen and oxygen atoms in total. The van der Waals surface area contributed by atoms with Crippen molar-refractivity contribution in [2.45, 2.75) is 20.8 Å². The van der Waals surface area contributed by atoms with Crippen molar-refractivity contribution in [2.75, 3.05) is 13.2 Å². The van der Waals surface area contributed by atoms with Gasteiger partial charge in [-0.25, -0.2) is 9.59 Å². The third-order valence-electron chi connectivity index (χ3n) is 2.41. The van der Waals surface area contributed by atoms with Crippen LogP contribution in [-0.2, 0) is 14.3 Å². The van der Waals surface area contributed by atoms with Gasteiger partial charge in [0.05, 0.1) is 13.2 Å². The molecule has 6 heteroatoms. The molecule has 0 radical (unpaired) electrons. The lowest BCUT2D eigenvalue weighted by Crippen LogP contribution is -2.19. The Morgan fingerprint density at radius 1 is 1.26 bits per heavy atom. The van der Waals surface area contributed by atoms with Crippen LogP contribution in [0.3, 0.4) is 0 Å². The first kappa shape index (κ1) is 14.8. The lowest BCUT2D eigenvalue weighted by molar-refractivity contribution is -0.136. The molecule has 0 unspecified atom stereocenters. The Kier molecular flexibility index (Phi) is 5.17. The third-order valence-corrected chi connectivity index (χ3v) is 2.41. The number of nitrogens with zero attached hydrogens (tertiary/aromatic N) is 1. The Balaban J connectivity index is 3.21. The smallest absolute Gasteiger partial charge is 0.358 e. The molecule has 0 saturated heterocycles. The first-order valence-electron chi connectivity index (χ1n) is 5.94. The maximum Gasteiger partial charge on any atom is 0.358 e. The SMILES string of the molecule is CCOC(=O)C(=CO)n1c(C)ccc1C(=O)OCC. The highest BCUT2D eigenvalue weighted by Gasteiger charge is 2.22. The molecule has 0 atom stereocenters. The van der Waals surface area contributed by atoms with Crippen LogP contribution in [0.2, 0.25) is 0 Å². The fraction of sp³-hybridized carbons (Fsp3) is 0.385. The highest BCUT2D eigenvalue weighted by atomic mass is 16.5. The summed E-state index contributed by atoms with van der Waals surface area (Å²) < 4.78 is 11.0. The number of hydrogen-bond acceptors (Lipinski definition) is 5. The van der Waals surface area contributed by atoms with Crippen LogP contribution < -0.4 is 0 Å². The van der Waals surface area contributed by atoms with E-state index in [4.69, 9.17) is 9.47 Å². The van der Waals surface area contributed by atoms with E-state index in [1.165, 1.54) is 10.6 Å². The highest BCUT2D eigenvalue weighted by molar-refractivity contribution is 6.11. The topological polar surface area (TPSA) is 77.8 Å². The van der Waals surface area contributed by atoms with Gasteiger partial charge in [0.2, 0.25) is 0 Å². The van der Waals surface area contributed by atoms with Crippen molar-refractivity contribution in [3.63, 3.8) is 0 Å². The van der Waals surface area contributed by atoms with Crippen LogP contribution in [0.15, 0.2) is 18.4 Å². The van der Waals surface area contributed by atoms with E-state index in [1.54, 1.807) is 26.8 Å². The number of carbonyl (C=O) groups is 2. The predicted molar refractivity (Wildman–Crippen MR) is 68.7 cm³/mol. The van der Waals surface area contributed by atoms with Crippen molar-refractivity contribution in [1.82, 2.24) is 4.57 Å². The van der Waals surface area contributed by atoms with E-state index in [0.717, 1.165) is 0 Å². The molecule has 0 bridgehead atoms. The van der Waals surface area contributed by atoms with Gasteiger partial charge in [0.15, 0.2) is 5.70 Å². The number of aliphatic hydroxyl groups is 1. The molecule has 0 spiro atoms. The van der Waals surface area contributed by atoms with Gasteiger partial charge < -0.3 is 14.6 Å². The number of rotatable bonds is 5. The molecule has 0 saturated carbocycles. The molecule has 1 aromatic rings. The Morgan fingerprint density at radius 3 is 2.42 bits per heavy atom. The number of aryl methyl sites for hydroxylation is 1. The molecule has 0 aliphatic heterocycles. The summed E-state index contributed by atoms with van der Waals surface area (Å²) in [5.41, 5.74) is 0.636. The van der Waals surface area contributed by atoms with Gasteiger partial charge in [-0.2, -0.15) is 0 Å². The zero-order valence-electron chi connectivity index (χ0n) is 11.2. The molecule has 0 aromatic carbocycles. The van der Waals surface area contributed by atoms with Gasteiger partial charge in [-0.05, 0) is 32.9 Å². The average molecular weight is 267 g/mol. The summed E-state index contributed by atoms with van der Waals surface area (Å²) in [6.45, 7) is 5.44. The van der Waals surface area contributed by atoms with Crippen molar-refractivity contribution < 1.29 is 24.2 Å². The highest BCUT2D eigenvalue weighted by Crippen LogP contribution is 2.17. The lowest BCUT2D eigenvalue weighted by Gasteiger charge is -2.12. The van der Waals surface area contributed by atoms with Gasteiger partial charge >= 0.3 is 11.9 Å². The summed E-state index contributed by atoms with van der Waals surface area (Å²) in [7, 11) is 0. The minimum Gasteiger partial charge on any atom is -0.513 e. The van der Waals surface area contributed by atoms with Crippen LogP contribution in [-0.4, -0.2) is 34.8 Å². The Hall–Kier alpha value is -2.24. The van der Waals surface area contributed by atoms with Crippen molar-refractivity contribution in [3.05, 3.63) is 29.8 Å². The van der Waals surface area contributed by atoms with Gasteiger partial charge in [0.25, 0.3) is 0 Å². The van der Waals surface area contributed by atoms with Crippen molar-refractivity contribution >= 4 is 17.6 Å². The molecule has 104 valence electrons. The molecule has 0 fully saturated rings. The number of aliphatic hydroxyl groups excluding tert-OH is 1. The van der Waals surface area contributed by atoms with Gasteiger partial charge in [0.1, 0.15) is 12.0 Å². The Labute approximate surface area is 111 Å². The molecule has 19 heavy (non-hydrogen) atoms. The number of esters is 2. The van der Waals surface area contributed by atoms with Crippen molar-refractivity contribution in [3.8, 4) is 0 Å². The van der Waals surface area contributed by atoms with E-state index >= 15 is 0 Å². The number of carbonyl (C=O) groups excluding carboxylic acids is 2. The number of aromatic nitrogens is 1. The van der Waals surface area contributed by atoms with Crippen molar-refractivity contribution in [1.29, 1.82) is 0 Å². The zero-order valence-corrected chi connectivity index (χ0v) is 11.2. The number of hydrogen-bond donors (Lipinski definition) is 1. The van der Waals surface area contributed by atoms with Crippen LogP contribution in [0.4, 0.5) is 0 Å². The first-order valence-corrected chi connectivity index (χ1v) is 5.94. The summed E-state index contributed by atoms with van der Waals surface area (Å²) in [5.74, 6) is -1.28. The molecule has 0 amide bonds. The minimum absolute atomic E-state index is 0.132.